The van der Waals surface area contributed by atoms with Gasteiger partial charge in [-0.1, -0.05) is 26.2 Å². The molecule has 98 valence electrons. The second-order valence-corrected chi connectivity index (χ2v) is 6.08. The van der Waals surface area contributed by atoms with E-state index in [0.717, 1.165) is 38.3 Å². The lowest BCUT2D eigenvalue weighted by Crippen LogP contribution is -2.38. The highest BCUT2D eigenvalue weighted by molar-refractivity contribution is 5.75. The zero-order valence-electron chi connectivity index (χ0n) is 11.1. The molecule has 1 saturated heterocycles. The van der Waals surface area contributed by atoms with Crippen LogP contribution in [0, 0.1) is 11.3 Å². The lowest BCUT2D eigenvalue weighted by Gasteiger charge is -2.28. The molecule has 2 atom stereocenters. The minimum absolute atomic E-state index is 0.452. The molecule has 0 aromatic carbocycles. The van der Waals surface area contributed by atoms with E-state index in [2.05, 4.69) is 18.7 Å². The van der Waals surface area contributed by atoms with Gasteiger partial charge in [0.25, 0.3) is 0 Å². The molecule has 1 saturated carbocycles. The summed E-state index contributed by atoms with van der Waals surface area (Å²) in [7, 11) is 0. The van der Waals surface area contributed by atoms with E-state index in [1.54, 1.807) is 0 Å². The smallest absolute Gasteiger partial charge is 0.310 e. The van der Waals surface area contributed by atoms with Crippen LogP contribution in [0.5, 0.6) is 0 Å². The molecule has 2 aliphatic rings. The van der Waals surface area contributed by atoms with Gasteiger partial charge in [-0.05, 0) is 38.6 Å². The Hall–Kier alpha value is -0.570. The van der Waals surface area contributed by atoms with Crippen molar-refractivity contribution >= 4 is 5.97 Å². The van der Waals surface area contributed by atoms with Gasteiger partial charge in [0.1, 0.15) is 0 Å². The first kappa shape index (κ1) is 12.9. The molecule has 0 spiro atoms. The molecule has 1 heterocycles. The number of rotatable bonds is 6. The predicted molar refractivity (Wildman–Crippen MR) is 68.0 cm³/mol. The third kappa shape index (κ3) is 2.82. The van der Waals surface area contributed by atoms with E-state index in [-0.39, 0.29) is 0 Å². The number of nitrogens with zero attached hydrogens (tertiary/aromatic N) is 1. The molecule has 1 aliphatic carbocycles. The van der Waals surface area contributed by atoms with Crippen LogP contribution in [0.1, 0.15) is 52.4 Å². The van der Waals surface area contributed by atoms with Crippen LogP contribution in [0.15, 0.2) is 0 Å². The average Bonchev–Trinajstić information content (AvgIpc) is 2.96. The molecule has 0 aromatic rings. The maximum absolute atomic E-state index is 11.5. The molecule has 0 amide bonds. The maximum atomic E-state index is 11.5. The highest BCUT2D eigenvalue weighted by Gasteiger charge is 2.45. The van der Waals surface area contributed by atoms with Gasteiger partial charge < -0.3 is 5.11 Å². The Bertz CT molecular complexity index is 288. The first-order valence-electron chi connectivity index (χ1n) is 7.05. The molecule has 0 radical (unpaired) electrons. The van der Waals surface area contributed by atoms with E-state index < -0.39 is 11.4 Å². The number of aliphatic carboxylic acids is 1. The minimum Gasteiger partial charge on any atom is -0.481 e. The largest absolute Gasteiger partial charge is 0.481 e. The van der Waals surface area contributed by atoms with Crippen LogP contribution in [-0.4, -0.2) is 35.1 Å². The fourth-order valence-corrected chi connectivity index (χ4v) is 3.23. The molecule has 3 heteroatoms. The number of carboxylic acids is 1. The second kappa shape index (κ2) is 4.97. The van der Waals surface area contributed by atoms with Gasteiger partial charge >= 0.3 is 5.97 Å². The summed E-state index contributed by atoms with van der Waals surface area (Å²) >= 11 is 0. The van der Waals surface area contributed by atoms with Gasteiger partial charge in [0.15, 0.2) is 0 Å². The summed E-state index contributed by atoms with van der Waals surface area (Å²) in [6.07, 6.45) is 6.67. The van der Waals surface area contributed by atoms with Crippen molar-refractivity contribution < 1.29 is 9.90 Å². The van der Waals surface area contributed by atoms with E-state index in [9.17, 15) is 9.90 Å². The van der Waals surface area contributed by atoms with Crippen molar-refractivity contribution in [1.82, 2.24) is 4.90 Å². The van der Waals surface area contributed by atoms with E-state index in [4.69, 9.17) is 0 Å². The molecule has 1 N–H and O–H groups in total. The second-order valence-electron chi connectivity index (χ2n) is 6.08. The number of hydrogen-bond donors (Lipinski definition) is 1. The molecule has 3 nitrogen and oxygen atoms in total. The third-order valence-corrected chi connectivity index (χ3v) is 4.56. The van der Waals surface area contributed by atoms with Crippen LogP contribution in [-0.2, 0) is 4.79 Å². The Morgan fingerprint density at radius 3 is 2.76 bits per heavy atom. The van der Waals surface area contributed by atoms with E-state index in [0.29, 0.717) is 6.04 Å². The van der Waals surface area contributed by atoms with Crippen LogP contribution < -0.4 is 0 Å². The Kier molecular flexibility index (Phi) is 3.76. The molecule has 2 fully saturated rings. The van der Waals surface area contributed by atoms with Gasteiger partial charge in [-0.25, -0.2) is 0 Å². The molecular weight excluding hydrogens is 214 g/mol. The van der Waals surface area contributed by atoms with Gasteiger partial charge in [-0.15, -0.1) is 0 Å². The van der Waals surface area contributed by atoms with Gasteiger partial charge in [0, 0.05) is 12.6 Å². The summed E-state index contributed by atoms with van der Waals surface area (Å²) < 4.78 is 0. The molecule has 2 rings (SSSR count). The number of hydrogen-bond acceptors (Lipinski definition) is 2. The Morgan fingerprint density at radius 1 is 1.53 bits per heavy atom. The fourth-order valence-electron chi connectivity index (χ4n) is 3.23. The summed E-state index contributed by atoms with van der Waals surface area (Å²) in [5.41, 5.74) is -0.452. The van der Waals surface area contributed by atoms with Crippen LogP contribution >= 0.6 is 0 Å². The summed E-state index contributed by atoms with van der Waals surface area (Å²) in [4.78, 5) is 13.9. The van der Waals surface area contributed by atoms with Crippen molar-refractivity contribution in [3.05, 3.63) is 0 Å². The molecule has 1 aliphatic heterocycles. The van der Waals surface area contributed by atoms with Crippen LogP contribution in [0.2, 0.25) is 0 Å². The maximum Gasteiger partial charge on any atom is 0.310 e. The molecule has 2 unspecified atom stereocenters. The SMILES string of the molecule is CCCC1(C(=O)O)CCN(C(C)CC2CC2)C1. The number of carboxylic acid groups (broad SMARTS) is 1. The highest BCUT2D eigenvalue weighted by Crippen LogP contribution is 2.39. The quantitative estimate of drug-likeness (QED) is 0.775. The summed E-state index contributed by atoms with van der Waals surface area (Å²) in [6.45, 7) is 6.09. The van der Waals surface area contributed by atoms with Crippen molar-refractivity contribution in [2.45, 2.75) is 58.4 Å². The van der Waals surface area contributed by atoms with Crippen molar-refractivity contribution in [2.75, 3.05) is 13.1 Å². The molecule has 0 bridgehead atoms. The minimum atomic E-state index is -0.583. The van der Waals surface area contributed by atoms with E-state index in [1.807, 2.05) is 0 Å². The molecule has 17 heavy (non-hydrogen) atoms. The van der Waals surface area contributed by atoms with Crippen molar-refractivity contribution in [2.24, 2.45) is 11.3 Å². The van der Waals surface area contributed by atoms with Gasteiger partial charge in [-0.2, -0.15) is 0 Å². The van der Waals surface area contributed by atoms with Crippen LogP contribution in [0.25, 0.3) is 0 Å². The summed E-state index contributed by atoms with van der Waals surface area (Å²) in [5, 5.41) is 9.46. The van der Waals surface area contributed by atoms with Crippen molar-refractivity contribution in [1.29, 1.82) is 0 Å². The zero-order valence-corrected chi connectivity index (χ0v) is 11.1. The summed E-state index contributed by atoms with van der Waals surface area (Å²) in [6, 6.07) is 0.570. The van der Waals surface area contributed by atoms with E-state index in [1.165, 1.54) is 19.3 Å². The fraction of sp³-hybridized carbons (Fsp3) is 0.929. The van der Waals surface area contributed by atoms with E-state index >= 15 is 0 Å². The lowest BCUT2D eigenvalue weighted by molar-refractivity contribution is -0.148. The topological polar surface area (TPSA) is 40.5 Å². The number of likely N-dealkylation sites (tertiary alicyclic amines) is 1. The Labute approximate surface area is 104 Å². The monoisotopic (exact) mass is 239 g/mol. The molecular formula is C14H25NO2. The number of carbonyl (C=O) groups is 1. The van der Waals surface area contributed by atoms with Crippen molar-refractivity contribution in [3.8, 4) is 0 Å². The van der Waals surface area contributed by atoms with Gasteiger partial charge in [-0.3, -0.25) is 9.69 Å². The zero-order chi connectivity index (χ0) is 12.5. The van der Waals surface area contributed by atoms with Crippen LogP contribution in [0.4, 0.5) is 0 Å². The van der Waals surface area contributed by atoms with Crippen molar-refractivity contribution in [3.63, 3.8) is 0 Å². The Morgan fingerprint density at radius 2 is 2.24 bits per heavy atom. The third-order valence-electron chi connectivity index (χ3n) is 4.56. The summed E-state index contributed by atoms with van der Waals surface area (Å²) in [5.74, 6) is 0.344. The predicted octanol–water partition coefficient (Wildman–Crippen LogP) is 2.75. The standard InChI is InChI=1S/C14H25NO2/c1-3-6-14(13(16)17)7-8-15(10-14)11(2)9-12-4-5-12/h11-12H,3-10H2,1-2H3,(H,16,17). The molecule has 0 aromatic heterocycles. The Balaban J connectivity index is 1.93. The lowest BCUT2D eigenvalue weighted by atomic mass is 9.82. The highest BCUT2D eigenvalue weighted by atomic mass is 16.4. The first-order valence-corrected chi connectivity index (χ1v) is 7.05. The van der Waals surface area contributed by atoms with Crippen LogP contribution in [0.3, 0.4) is 0 Å². The normalized spacial score (nSPS) is 31.6. The van der Waals surface area contributed by atoms with Gasteiger partial charge in [0.2, 0.25) is 0 Å². The van der Waals surface area contributed by atoms with Gasteiger partial charge in [0.05, 0.1) is 5.41 Å². The first-order chi connectivity index (χ1) is 8.07. The average molecular weight is 239 g/mol.